The number of nitro benzene ring substituents is 1. The minimum atomic E-state index is -0.356. The molecule has 0 saturated carbocycles. The molecule has 1 saturated heterocycles. The molecular formula is C22H27N3O4. The molecule has 1 aliphatic heterocycles. The summed E-state index contributed by atoms with van der Waals surface area (Å²) in [7, 11) is 0. The molecule has 0 radical (unpaired) electrons. The Morgan fingerprint density at radius 1 is 1.24 bits per heavy atom. The van der Waals surface area contributed by atoms with Crippen molar-refractivity contribution in [3.8, 4) is 5.75 Å². The van der Waals surface area contributed by atoms with E-state index in [0.29, 0.717) is 38.2 Å². The van der Waals surface area contributed by atoms with Gasteiger partial charge >= 0.3 is 0 Å². The van der Waals surface area contributed by atoms with Crippen LogP contribution in [0, 0.1) is 23.0 Å². The number of hydrogen-bond acceptors (Lipinski definition) is 5. The molecule has 0 aliphatic carbocycles. The van der Waals surface area contributed by atoms with Crippen LogP contribution >= 0.6 is 0 Å². The average molecular weight is 397 g/mol. The number of anilines is 2. The topological polar surface area (TPSA) is 84.7 Å². The van der Waals surface area contributed by atoms with E-state index in [1.165, 1.54) is 6.07 Å². The summed E-state index contributed by atoms with van der Waals surface area (Å²) in [4.78, 5) is 25.6. The zero-order valence-corrected chi connectivity index (χ0v) is 16.9. The summed E-state index contributed by atoms with van der Waals surface area (Å²) in [5.41, 5.74) is 2.48. The summed E-state index contributed by atoms with van der Waals surface area (Å²) in [6.45, 7) is 5.91. The Balaban J connectivity index is 1.59. The molecule has 1 aliphatic rings. The Hall–Kier alpha value is -3.09. The average Bonchev–Trinajstić information content (AvgIpc) is 2.74. The summed E-state index contributed by atoms with van der Waals surface area (Å²) >= 11 is 0. The first-order valence-corrected chi connectivity index (χ1v) is 10.0. The van der Waals surface area contributed by atoms with Crippen molar-refractivity contribution in [1.29, 1.82) is 0 Å². The van der Waals surface area contributed by atoms with Crippen LogP contribution in [0.25, 0.3) is 0 Å². The summed E-state index contributed by atoms with van der Waals surface area (Å²) in [6, 6.07) is 12.4. The van der Waals surface area contributed by atoms with Crippen molar-refractivity contribution in [2.24, 2.45) is 5.92 Å². The lowest BCUT2D eigenvalue weighted by Gasteiger charge is -2.32. The van der Waals surface area contributed by atoms with Crippen molar-refractivity contribution in [1.82, 2.24) is 0 Å². The molecule has 0 atom stereocenters. The van der Waals surface area contributed by atoms with Crippen molar-refractivity contribution in [3.05, 3.63) is 58.1 Å². The van der Waals surface area contributed by atoms with Crippen LogP contribution in [0.15, 0.2) is 42.5 Å². The number of amides is 1. The molecule has 7 heteroatoms. The fourth-order valence-electron chi connectivity index (χ4n) is 3.59. The molecule has 2 aromatic carbocycles. The van der Waals surface area contributed by atoms with Crippen molar-refractivity contribution < 1.29 is 14.5 Å². The Morgan fingerprint density at radius 3 is 2.62 bits per heavy atom. The maximum absolute atomic E-state index is 12.7. The molecule has 154 valence electrons. The first kappa shape index (κ1) is 20.6. The molecule has 0 bridgehead atoms. The largest absolute Gasteiger partial charge is 0.494 e. The molecule has 3 rings (SSSR count). The molecule has 7 nitrogen and oxygen atoms in total. The summed E-state index contributed by atoms with van der Waals surface area (Å²) < 4.78 is 5.63. The highest BCUT2D eigenvalue weighted by molar-refractivity contribution is 5.93. The smallest absolute Gasteiger partial charge is 0.292 e. The third kappa shape index (κ3) is 5.04. The fourth-order valence-corrected chi connectivity index (χ4v) is 3.59. The van der Waals surface area contributed by atoms with E-state index in [1.807, 2.05) is 30.0 Å². The van der Waals surface area contributed by atoms with Crippen molar-refractivity contribution >= 4 is 23.0 Å². The van der Waals surface area contributed by atoms with Gasteiger partial charge in [0.15, 0.2) is 0 Å². The highest BCUT2D eigenvalue weighted by Gasteiger charge is 2.28. The zero-order valence-electron chi connectivity index (χ0n) is 16.9. The lowest BCUT2D eigenvalue weighted by Crippen LogP contribution is -2.38. The normalized spacial score (nSPS) is 14.5. The fraction of sp³-hybridized carbons (Fsp3) is 0.409. The van der Waals surface area contributed by atoms with E-state index in [9.17, 15) is 14.9 Å². The summed E-state index contributed by atoms with van der Waals surface area (Å²) in [5.74, 6) is 0.696. The SMILES string of the molecule is CCCOc1ccc(NC(=O)C2CCN(c3ccccc3[N+](=O)[O-])CC2)c(C)c1. The van der Waals surface area contributed by atoms with Gasteiger partial charge in [-0.25, -0.2) is 0 Å². The number of carbonyl (C=O) groups excluding carboxylic acids is 1. The van der Waals surface area contributed by atoms with Crippen LogP contribution in [-0.4, -0.2) is 30.5 Å². The van der Waals surface area contributed by atoms with Gasteiger partial charge in [0.1, 0.15) is 11.4 Å². The quantitative estimate of drug-likeness (QED) is 0.547. The molecule has 1 heterocycles. The number of rotatable bonds is 7. The second kappa shape index (κ2) is 9.41. The van der Waals surface area contributed by atoms with Gasteiger partial charge in [-0.05, 0) is 56.0 Å². The molecule has 1 N–H and O–H groups in total. The van der Waals surface area contributed by atoms with Gasteiger partial charge in [0.2, 0.25) is 5.91 Å². The van der Waals surface area contributed by atoms with E-state index >= 15 is 0 Å². The van der Waals surface area contributed by atoms with Crippen molar-refractivity contribution in [2.75, 3.05) is 29.9 Å². The van der Waals surface area contributed by atoms with Crippen LogP contribution in [0.4, 0.5) is 17.1 Å². The summed E-state index contributed by atoms with van der Waals surface area (Å²) in [6.07, 6.45) is 2.27. The lowest BCUT2D eigenvalue weighted by atomic mass is 9.95. The second-order valence-corrected chi connectivity index (χ2v) is 7.32. The van der Waals surface area contributed by atoms with Gasteiger partial charge in [0.05, 0.1) is 11.5 Å². The Labute approximate surface area is 170 Å². The van der Waals surface area contributed by atoms with Crippen molar-refractivity contribution in [2.45, 2.75) is 33.1 Å². The van der Waals surface area contributed by atoms with E-state index in [2.05, 4.69) is 12.2 Å². The van der Waals surface area contributed by atoms with Crippen molar-refractivity contribution in [3.63, 3.8) is 0 Å². The third-order valence-corrected chi connectivity index (χ3v) is 5.21. The van der Waals surface area contributed by atoms with Gasteiger partial charge in [-0.3, -0.25) is 14.9 Å². The minimum Gasteiger partial charge on any atom is -0.494 e. The van der Waals surface area contributed by atoms with Crippen LogP contribution in [-0.2, 0) is 4.79 Å². The van der Waals surface area contributed by atoms with Crippen LogP contribution in [0.1, 0.15) is 31.7 Å². The second-order valence-electron chi connectivity index (χ2n) is 7.32. The number of benzene rings is 2. The molecule has 0 unspecified atom stereocenters. The Kier molecular flexibility index (Phi) is 6.69. The standard InChI is InChI=1S/C22H27N3O4/c1-3-14-29-18-8-9-19(16(2)15-18)23-22(26)17-10-12-24(13-11-17)20-6-4-5-7-21(20)25(27)28/h4-9,15,17H,3,10-14H2,1-2H3,(H,23,26). The zero-order chi connectivity index (χ0) is 20.8. The molecule has 0 spiro atoms. The highest BCUT2D eigenvalue weighted by Crippen LogP contribution is 2.31. The highest BCUT2D eigenvalue weighted by atomic mass is 16.6. The maximum Gasteiger partial charge on any atom is 0.292 e. The monoisotopic (exact) mass is 397 g/mol. The number of piperidine rings is 1. The number of para-hydroxylation sites is 2. The van der Waals surface area contributed by atoms with Gasteiger partial charge in [0, 0.05) is 30.8 Å². The van der Waals surface area contributed by atoms with E-state index in [4.69, 9.17) is 4.74 Å². The van der Waals surface area contributed by atoms with E-state index in [1.54, 1.807) is 18.2 Å². The third-order valence-electron chi connectivity index (χ3n) is 5.21. The number of hydrogen-bond donors (Lipinski definition) is 1. The van der Waals surface area contributed by atoms with Crippen LogP contribution in [0.5, 0.6) is 5.75 Å². The first-order chi connectivity index (χ1) is 14.0. The predicted molar refractivity (Wildman–Crippen MR) is 114 cm³/mol. The number of aryl methyl sites for hydroxylation is 1. The molecule has 1 fully saturated rings. The molecule has 1 amide bonds. The van der Waals surface area contributed by atoms with Gasteiger partial charge in [0.25, 0.3) is 5.69 Å². The Bertz CT molecular complexity index is 876. The van der Waals surface area contributed by atoms with Gasteiger partial charge in [-0.2, -0.15) is 0 Å². The van der Waals surface area contributed by atoms with Gasteiger partial charge in [-0.1, -0.05) is 19.1 Å². The molecule has 29 heavy (non-hydrogen) atoms. The van der Waals surface area contributed by atoms with Gasteiger partial charge in [-0.15, -0.1) is 0 Å². The van der Waals surface area contributed by atoms with Gasteiger partial charge < -0.3 is 15.0 Å². The molecular weight excluding hydrogens is 370 g/mol. The first-order valence-electron chi connectivity index (χ1n) is 10.0. The predicted octanol–water partition coefficient (Wildman–Crippen LogP) is 4.55. The number of carbonyl (C=O) groups is 1. The van der Waals surface area contributed by atoms with E-state index in [-0.39, 0.29) is 22.4 Å². The molecule has 2 aromatic rings. The van der Waals surface area contributed by atoms with Crippen LogP contribution < -0.4 is 15.0 Å². The van der Waals surface area contributed by atoms with Crippen LogP contribution in [0.3, 0.4) is 0 Å². The van der Waals surface area contributed by atoms with E-state index in [0.717, 1.165) is 23.4 Å². The number of ether oxygens (including phenoxy) is 1. The maximum atomic E-state index is 12.7. The molecule has 0 aromatic heterocycles. The number of nitro groups is 1. The Morgan fingerprint density at radius 2 is 1.97 bits per heavy atom. The summed E-state index contributed by atoms with van der Waals surface area (Å²) in [5, 5.41) is 14.3. The number of nitrogens with one attached hydrogen (secondary N) is 1. The minimum absolute atomic E-state index is 0.00228. The lowest BCUT2D eigenvalue weighted by molar-refractivity contribution is -0.384. The van der Waals surface area contributed by atoms with E-state index < -0.39 is 0 Å². The van der Waals surface area contributed by atoms with Crippen LogP contribution in [0.2, 0.25) is 0 Å². The number of nitrogens with zero attached hydrogens (tertiary/aromatic N) is 2.